The standard InChI is InChI=1S/2C18H26N4O2S2/c2*1-18(2,3)13-8-20-14(24-13)10-25-15-9-21-17(26-15)22-16(23)11-4-6-12(19)7-5-11/h2*8-9,11-12H,4-7,10,19H2,1-3H3,(H,21,22,23). The molecule has 2 aliphatic carbocycles. The van der Waals surface area contributed by atoms with Crippen molar-refractivity contribution in [3.63, 3.8) is 0 Å². The number of hydrogen-bond acceptors (Lipinski definition) is 14. The predicted molar refractivity (Wildman–Crippen MR) is 211 cm³/mol. The Kier molecular flexibility index (Phi) is 14.0. The maximum atomic E-state index is 12.3. The van der Waals surface area contributed by atoms with Crippen LogP contribution in [0.3, 0.4) is 0 Å². The van der Waals surface area contributed by atoms with Gasteiger partial charge in [0.05, 0.1) is 44.7 Å². The lowest BCUT2D eigenvalue weighted by molar-refractivity contribution is -0.121. The normalized spacial score (nSPS) is 20.9. The van der Waals surface area contributed by atoms with Gasteiger partial charge in [-0.05, 0) is 51.4 Å². The van der Waals surface area contributed by atoms with Crippen LogP contribution in [0, 0.1) is 11.8 Å². The molecule has 0 unspecified atom stereocenters. The van der Waals surface area contributed by atoms with Crippen LogP contribution in [0.25, 0.3) is 0 Å². The van der Waals surface area contributed by atoms with Crippen molar-refractivity contribution in [2.45, 2.75) is 136 Å². The molecule has 0 saturated heterocycles. The van der Waals surface area contributed by atoms with E-state index in [1.807, 2.05) is 0 Å². The molecule has 4 aromatic heterocycles. The number of carbonyl (C=O) groups is 2. The summed E-state index contributed by atoms with van der Waals surface area (Å²) in [5, 5.41) is 7.19. The summed E-state index contributed by atoms with van der Waals surface area (Å²) >= 11 is 6.19. The van der Waals surface area contributed by atoms with Crippen LogP contribution in [0.4, 0.5) is 10.3 Å². The molecule has 2 saturated carbocycles. The first kappa shape index (κ1) is 40.4. The molecule has 2 fully saturated rings. The monoisotopic (exact) mass is 788 g/mol. The number of carbonyl (C=O) groups excluding carboxylic acids is 2. The quantitative estimate of drug-likeness (QED) is 0.113. The molecule has 2 aliphatic rings. The number of thioether (sulfide) groups is 2. The number of nitrogens with zero attached hydrogens (tertiary/aromatic N) is 4. The van der Waals surface area contributed by atoms with Crippen molar-refractivity contribution in [2.75, 3.05) is 10.6 Å². The highest BCUT2D eigenvalue weighted by atomic mass is 32.2. The molecule has 12 nitrogen and oxygen atoms in total. The van der Waals surface area contributed by atoms with Crippen LogP contribution in [-0.2, 0) is 31.9 Å². The van der Waals surface area contributed by atoms with Crippen LogP contribution in [0.1, 0.15) is 116 Å². The number of anilines is 2. The third-order valence-corrected chi connectivity index (χ3v) is 13.2. The molecule has 0 aromatic carbocycles. The average molecular weight is 789 g/mol. The molecule has 6 N–H and O–H groups in total. The van der Waals surface area contributed by atoms with E-state index in [0.29, 0.717) is 33.6 Å². The lowest BCUT2D eigenvalue weighted by atomic mass is 9.86. The van der Waals surface area contributed by atoms with Crippen molar-refractivity contribution >= 4 is 68.3 Å². The highest BCUT2D eigenvalue weighted by Gasteiger charge is 2.27. The Balaban J connectivity index is 0.000000201. The smallest absolute Gasteiger partial charge is 0.229 e. The van der Waals surface area contributed by atoms with E-state index in [4.69, 9.17) is 20.3 Å². The Hall–Kier alpha value is -2.76. The fourth-order valence-electron chi connectivity index (χ4n) is 5.66. The predicted octanol–water partition coefficient (Wildman–Crippen LogP) is 8.35. The van der Waals surface area contributed by atoms with Crippen LogP contribution in [0.5, 0.6) is 0 Å². The number of nitrogens with one attached hydrogen (secondary N) is 2. The zero-order valence-corrected chi connectivity index (χ0v) is 34.2. The van der Waals surface area contributed by atoms with Crippen molar-refractivity contribution in [3.8, 4) is 0 Å². The minimum atomic E-state index is -0.0408. The first-order valence-electron chi connectivity index (χ1n) is 17.8. The molecular weight excluding hydrogens is 737 g/mol. The van der Waals surface area contributed by atoms with E-state index >= 15 is 0 Å². The Morgan fingerprint density at radius 1 is 0.654 bits per heavy atom. The average Bonchev–Trinajstić information content (AvgIpc) is 3.91. The summed E-state index contributed by atoms with van der Waals surface area (Å²) < 4.78 is 13.7. The maximum absolute atomic E-state index is 12.3. The second-order valence-electron chi connectivity index (χ2n) is 15.5. The minimum absolute atomic E-state index is 0.0408. The van der Waals surface area contributed by atoms with Gasteiger partial charge in [-0.25, -0.2) is 19.9 Å². The van der Waals surface area contributed by atoms with Gasteiger partial charge in [-0.1, -0.05) is 64.2 Å². The summed E-state index contributed by atoms with van der Waals surface area (Å²) in [6.07, 6.45) is 14.3. The van der Waals surface area contributed by atoms with Gasteiger partial charge in [-0.2, -0.15) is 0 Å². The van der Waals surface area contributed by atoms with E-state index in [-0.39, 0.29) is 46.6 Å². The summed E-state index contributed by atoms with van der Waals surface area (Å²) in [4.78, 5) is 42.0. The van der Waals surface area contributed by atoms with Gasteiger partial charge < -0.3 is 30.9 Å². The number of oxazole rings is 2. The molecule has 4 heterocycles. The summed E-state index contributed by atoms with van der Waals surface area (Å²) in [6, 6.07) is 0.492. The third kappa shape index (κ3) is 12.1. The van der Waals surface area contributed by atoms with Crippen molar-refractivity contribution in [1.82, 2.24) is 19.9 Å². The second kappa shape index (κ2) is 18.0. The Morgan fingerprint density at radius 3 is 1.35 bits per heavy atom. The van der Waals surface area contributed by atoms with Crippen LogP contribution < -0.4 is 22.1 Å². The summed E-state index contributed by atoms with van der Waals surface area (Å²) in [5.41, 5.74) is 11.7. The number of aromatic nitrogens is 4. The van der Waals surface area contributed by atoms with Gasteiger partial charge in [0.1, 0.15) is 11.5 Å². The van der Waals surface area contributed by atoms with Crippen LogP contribution in [0.15, 0.2) is 42.0 Å². The third-order valence-electron chi connectivity index (χ3n) is 8.98. The summed E-state index contributed by atoms with van der Waals surface area (Å²) in [6.45, 7) is 12.6. The van der Waals surface area contributed by atoms with Crippen molar-refractivity contribution in [2.24, 2.45) is 23.3 Å². The lowest BCUT2D eigenvalue weighted by Gasteiger charge is -2.24. The molecule has 2 amide bonds. The van der Waals surface area contributed by atoms with E-state index in [9.17, 15) is 9.59 Å². The van der Waals surface area contributed by atoms with Gasteiger partial charge >= 0.3 is 0 Å². The van der Waals surface area contributed by atoms with Gasteiger partial charge in [-0.3, -0.25) is 9.59 Å². The van der Waals surface area contributed by atoms with Crippen molar-refractivity contribution in [1.29, 1.82) is 0 Å². The van der Waals surface area contributed by atoms with Crippen LogP contribution in [-0.4, -0.2) is 43.8 Å². The SMILES string of the molecule is CC(C)(C)c1cnc(CSc2cnc(NC(=O)C3CCC(N)CC3)s2)o1.CC(C)(C)c1cnc(CSc2cnc(NC(=O)C3CCC(N)CC3)s2)o1. The fraction of sp³-hybridized carbons (Fsp3) is 0.611. The highest BCUT2D eigenvalue weighted by Crippen LogP contribution is 2.34. The van der Waals surface area contributed by atoms with Gasteiger partial charge in [0.25, 0.3) is 0 Å². The van der Waals surface area contributed by atoms with E-state index in [1.54, 1.807) is 48.3 Å². The molecule has 4 aromatic rings. The maximum Gasteiger partial charge on any atom is 0.229 e. The van der Waals surface area contributed by atoms with Gasteiger partial charge in [-0.15, -0.1) is 23.5 Å². The van der Waals surface area contributed by atoms with Crippen LogP contribution in [0.2, 0.25) is 0 Å². The van der Waals surface area contributed by atoms with Gasteiger partial charge in [0, 0.05) is 34.7 Å². The van der Waals surface area contributed by atoms with E-state index in [1.165, 1.54) is 22.7 Å². The number of nitrogens with two attached hydrogens (primary N) is 2. The molecule has 0 bridgehead atoms. The van der Waals surface area contributed by atoms with E-state index < -0.39 is 0 Å². The topological polar surface area (TPSA) is 188 Å². The number of rotatable bonds is 10. The van der Waals surface area contributed by atoms with Crippen LogP contribution >= 0.6 is 46.2 Å². The highest BCUT2D eigenvalue weighted by molar-refractivity contribution is 8.00. The van der Waals surface area contributed by atoms with Crippen molar-refractivity contribution in [3.05, 3.63) is 48.1 Å². The molecular formula is C36H52N8O4S4. The number of hydrogen-bond donors (Lipinski definition) is 4. The zero-order chi connectivity index (χ0) is 37.5. The molecule has 16 heteroatoms. The molecule has 0 atom stereocenters. The Morgan fingerprint density at radius 2 is 1.02 bits per heavy atom. The van der Waals surface area contributed by atoms with Gasteiger partial charge in [0.2, 0.25) is 23.6 Å². The summed E-state index contributed by atoms with van der Waals surface area (Å²) in [7, 11) is 0. The van der Waals surface area contributed by atoms with Crippen molar-refractivity contribution < 1.29 is 18.4 Å². The zero-order valence-electron chi connectivity index (χ0n) is 30.9. The molecule has 0 aliphatic heterocycles. The molecule has 284 valence electrons. The summed E-state index contributed by atoms with van der Waals surface area (Å²) in [5.74, 6) is 4.70. The molecule has 6 rings (SSSR count). The first-order chi connectivity index (χ1) is 24.6. The van der Waals surface area contributed by atoms with Gasteiger partial charge in [0.15, 0.2) is 10.3 Å². The second-order valence-corrected chi connectivity index (χ2v) is 20.1. The molecule has 0 radical (unpaired) electrons. The first-order valence-corrected chi connectivity index (χ1v) is 21.4. The molecule has 0 spiro atoms. The minimum Gasteiger partial charge on any atom is -0.444 e. The van der Waals surface area contributed by atoms with E-state index in [0.717, 1.165) is 71.3 Å². The van der Waals surface area contributed by atoms with E-state index in [2.05, 4.69) is 72.1 Å². The Labute approximate surface area is 322 Å². The lowest BCUT2D eigenvalue weighted by Crippen LogP contribution is -2.32. The largest absolute Gasteiger partial charge is 0.444 e. The fourth-order valence-corrected chi connectivity index (χ4v) is 9.12. The molecule has 52 heavy (non-hydrogen) atoms. The number of amides is 2. The Bertz CT molecular complexity index is 1610. The number of thiazole rings is 2.